The quantitative estimate of drug-likeness (QED) is 0.234. The molecule has 0 aliphatic carbocycles. The molecular weight excluding hydrogens is 440 g/mol. The summed E-state index contributed by atoms with van der Waals surface area (Å²) < 4.78 is 6.51. The lowest BCUT2D eigenvalue weighted by molar-refractivity contribution is 0.673. The SMILES string of the molecule is Cc1c(-c2cccs2)c(-c2cccs2)c(C)c2c1c1ccccc1c1oc3ccccc3c12. The predicted molar refractivity (Wildman–Crippen MR) is 145 cm³/mol. The number of para-hydroxylation sites is 1. The van der Waals surface area contributed by atoms with Crippen LogP contribution in [0.5, 0.6) is 0 Å². The lowest BCUT2D eigenvalue weighted by Gasteiger charge is -2.20. The van der Waals surface area contributed by atoms with E-state index in [0.717, 1.165) is 11.2 Å². The molecular formula is C30H20OS2. The average molecular weight is 461 g/mol. The Morgan fingerprint density at radius 1 is 0.545 bits per heavy atom. The van der Waals surface area contributed by atoms with Crippen LogP contribution in [0.3, 0.4) is 0 Å². The molecule has 0 aliphatic heterocycles. The molecule has 3 heteroatoms. The van der Waals surface area contributed by atoms with Crippen LogP contribution in [0, 0.1) is 13.8 Å². The molecule has 0 radical (unpaired) electrons. The summed E-state index contributed by atoms with van der Waals surface area (Å²) in [5.74, 6) is 0. The predicted octanol–water partition coefficient (Wildman–Crippen LogP) is 9.97. The van der Waals surface area contributed by atoms with Gasteiger partial charge in [-0.15, -0.1) is 22.7 Å². The molecule has 7 rings (SSSR count). The molecule has 1 nitrogen and oxygen atoms in total. The summed E-state index contributed by atoms with van der Waals surface area (Å²) in [6, 6.07) is 26.0. The maximum atomic E-state index is 6.51. The molecule has 4 aromatic carbocycles. The maximum absolute atomic E-state index is 6.51. The van der Waals surface area contributed by atoms with Crippen LogP contribution in [-0.4, -0.2) is 0 Å². The zero-order chi connectivity index (χ0) is 22.1. The van der Waals surface area contributed by atoms with E-state index in [1.54, 1.807) is 0 Å². The lowest BCUT2D eigenvalue weighted by Crippen LogP contribution is -1.95. The molecule has 0 saturated heterocycles. The van der Waals surface area contributed by atoms with Gasteiger partial charge in [-0.2, -0.15) is 0 Å². The molecule has 0 fully saturated rings. The molecule has 0 spiro atoms. The summed E-state index contributed by atoms with van der Waals surface area (Å²) in [5.41, 5.74) is 7.30. The zero-order valence-corrected chi connectivity index (χ0v) is 19.9. The van der Waals surface area contributed by atoms with E-state index in [0.29, 0.717) is 0 Å². The van der Waals surface area contributed by atoms with Crippen LogP contribution in [0.4, 0.5) is 0 Å². The Kier molecular flexibility index (Phi) is 4.08. The summed E-state index contributed by atoms with van der Waals surface area (Å²) in [6.45, 7) is 4.60. The molecule has 7 aromatic rings. The van der Waals surface area contributed by atoms with Crippen molar-refractivity contribution in [1.82, 2.24) is 0 Å². The smallest absolute Gasteiger partial charge is 0.143 e. The monoisotopic (exact) mass is 460 g/mol. The van der Waals surface area contributed by atoms with Gasteiger partial charge < -0.3 is 4.42 Å². The number of hydrogen-bond donors (Lipinski definition) is 0. The Morgan fingerprint density at radius 3 is 1.76 bits per heavy atom. The van der Waals surface area contributed by atoms with Crippen LogP contribution in [0.2, 0.25) is 0 Å². The summed E-state index contributed by atoms with van der Waals surface area (Å²) in [7, 11) is 0. The first kappa shape index (κ1) is 19.1. The molecule has 0 atom stereocenters. The van der Waals surface area contributed by atoms with E-state index in [-0.39, 0.29) is 0 Å². The van der Waals surface area contributed by atoms with E-state index in [2.05, 4.69) is 97.4 Å². The fourth-order valence-electron chi connectivity index (χ4n) is 5.49. The van der Waals surface area contributed by atoms with Gasteiger partial charge in [0.1, 0.15) is 11.2 Å². The van der Waals surface area contributed by atoms with Crippen molar-refractivity contribution in [2.75, 3.05) is 0 Å². The first-order valence-electron chi connectivity index (χ1n) is 11.1. The zero-order valence-electron chi connectivity index (χ0n) is 18.3. The van der Waals surface area contributed by atoms with Gasteiger partial charge in [-0.05, 0) is 70.1 Å². The van der Waals surface area contributed by atoms with Crippen LogP contribution in [0.25, 0.3) is 64.4 Å². The molecule has 3 aromatic heterocycles. The van der Waals surface area contributed by atoms with Gasteiger partial charge in [0.15, 0.2) is 0 Å². The fraction of sp³-hybridized carbons (Fsp3) is 0.0667. The highest BCUT2D eigenvalue weighted by atomic mass is 32.1. The van der Waals surface area contributed by atoms with Gasteiger partial charge in [-0.25, -0.2) is 0 Å². The third-order valence-corrected chi connectivity index (χ3v) is 8.60. The van der Waals surface area contributed by atoms with Crippen molar-refractivity contribution in [3.05, 3.63) is 94.7 Å². The van der Waals surface area contributed by atoms with Crippen LogP contribution in [-0.2, 0) is 0 Å². The second kappa shape index (κ2) is 7.05. The van der Waals surface area contributed by atoms with Gasteiger partial charge in [-0.3, -0.25) is 0 Å². The summed E-state index contributed by atoms with van der Waals surface area (Å²) in [5, 5.41) is 11.9. The van der Waals surface area contributed by atoms with E-state index >= 15 is 0 Å². The Bertz CT molecular complexity index is 1820. The van der Waals surface area contributed by atoms with Gasteiger partial charge in [0.05, 0.1) is 0 Å². The maximum Gasteiger partial charge on any atom is 0.143 e. The standard InChI is InChI=1S/C30H20OS2/c1-17-25-19-9-3-4-10-20(19)30-29(21-11-5-6-12-22(21)31-30)28(25)18(2)27(24-14-8-16-33-24)26(17)23-13-7-15-32-23/h3-16H,1-2H3. The topological polar surface area (TPSA) is 13.1 Å². The van der Waals surface area contributed by atoms with Gasteiger partial charge >= 0.3 is 0 Å². The average Bonchev–Trinajstić information content (AvgIpc) is 3.61. The minimum absolute atomic E-state index is 0.946. The van der Waals surface area contributed by atoms with Crippen molar-refractivity contribution in [2.24, 2.45) is 0 Å². The Hall–Kier alpha value is -3.40. The number of hydrogen-bond acceptors (Lipinski definition) is 3. The van der Waals surface area contributed by atoms with E-state index < -0.39 is 0 Å². The Balaban J connectivity index is 1.84. The van der Waals surface area contributed by atoms with Crippen molar-refractivity contribution in [3.8, 4) is 20.9 Å². The van der Waals surface area contributed by atoms with Crippen LogP contribution >= 0.6 is 22.7 Å². The summed E-state index contributed by atoms with van der Waals surface area (Å²) >= 11 is 3.63. The highest BCUT2D eigenvalue weighted by Gasteiger charge is 2.24. The van der Waals surface area contributed by atoms with Crippen molar-refractivity contribution < 1.29 is 4.42 Å². The molecule has 33 heavy (non-hydrogen) atoms. The molecule has 0 aliphatic rings. The van der Waals surface area contributed by atoms with E-state index in [1.165, 1.54) is 64.3 Å². The number of thiophene rings is 2. The number of fused-ring (bicyclic) bond motifs is 8. The molecule has 158 valence electrons. The summed E-state index contributed by atoms with van der Waals surface area (Å²) in [4.78, 5) is 2.64. The van der Waals surface area contributed by atoms with Gasteiger partial charge in [0, 0.05) is 37.0 Å². The number of furan rings is 1. The van der Waals surface area contributed by atoms with Crippen molar-refractivity contribution in [1.29, 1.82) is 0 Å². The molecule has 0 N–H and O–H groups in total. The summed E-state index contributed by atoms with van der Waals surface area (Å²) in [6.07, 6.45) is 0. The minimum atomic E-state index is 0.946. The first-order chi connectivity index (χ1) is 16.2. The second-order valence-corrected chi connectivity index (χ2v) is 10.4. The molecule has 3 heterocycles. The molecule has 0 saturated carbocycles. The lowest BCUT2D eigenvalue weighted by atomic mass is 9.84. The molecule has 0 amide bonds. The van der Waals surface area contributed by atoms with Crippen LogP contribution in [0.15, 0.2) is 88.0 Å². The van der Waals surface area contributed by atoms with Crippen molar-refractivity contribution in [2.45, 2.75) is 13.8 Å². The number of aryl methyl sites for hydroxylation is 2. The fourth-order valence-corrected chi connectivity index (χ4v) is 7.16. The number of rotatable bonds is 2. The van der Waals surface area contributed by atoms with E-state index in [9.17, 15) is 0 Å². The third-order valence-electron chi connectivity index (χ3n) is 6.82. The van der Waals surface area contributed by atoms with Gasteiger partial charge in [0.2, 0.25) is 0 Å². The molecule has 0 bridgehead atoms. The van der Waals surface area contributed by atoms with Crippen LogP contribution < -0.4 is 0 Å². The Labute approximate surface area is 199 Å². The first-order valence-corrected chi connectivity index (χ1v) is 12.9. The van der Waals surface area contributed by atoms with Gasteiger partial charge in [0.25, 0.3) is 0 Å². The number of benzene rings is 4. The highest BCUT2D eigenvalue weighted by molar-refractivity contribution is 7.14. The van der Waals surface area contributed by atoms with Crippen molar-refractivity contribution in [3.63, 3.8) is 0 Å². The Morgan fingerprint density at radius 2 is 1.12 bits per heavy atom. The molecule has 0 unspecified atom stereocenters. The normalized spacial score (nSPS) is 11.9. The third kappa shape index (κ3) is 2.58. The highest BCUT2D eigenvalue weighted by Crippen LogP contribution is 2.50. The van der Waals surface area contributed by atoms with Crippen LogP contribution in [0.1, 0.15) is 11.1 Å². The largest absolute Gasteiger partial charge is 0.455 e. The second-order valence-electron chi connectivity index (χ2n) is 8.55. The minimum Gasteiger partial charge on any atom is -0.455 e. The van der Waals surface area contributed by atoms with E-state index in [1.807, 2.05) is 22.7 Å². The van der Waals surface area contributed by atoms with Crippen molar-refractivity contribution >= 4 is 66.2 Å². The van der Waals surface area contributed by atoms with Gasteiger partial charge in [-0.1, -0.05) is 54.6 Å². The van der Waals surface area contributed by atoms with E-state index in [4.69, 9.17) is 4.42 Å².